The van der Waals surface area contributed by atoms with Crippen LogP contribution in [0.25, 0.3) is 11.1 Å². The molecule has 0 bridgehead atoms. The molecule has 1 aliphatic carbocycles. The first-order chi connectivity index (χ1) is 15.5. The Morgan fingerprint density at radius 3 is 2.62 bits per heavy atom. The van der Waals surface area contributed by atoms with E-state index < -0.39 is 5.54 Å². The molecule has 4 aliphatic rings. The number of rotatable bonds is 2. The number of ketones is 1. The summed E-state index contributed by atoms with van der Waals surface area (Å²) in [6.07, 6.45) is 7.23. The van der Waals surface area contributed by atoms with Gasteiger partial charge < -0.3 is 19.8 Å². The predicted octanol–water partition coefficient (Wildman–Crippen LogP) is 4.10. The molecule has 2 saturated heterocycles. The third-order valence-electron chi connectivity index (χ3n) is 7.64. The highest BCUT2D eigenvalue weighted by Gasteiger charge is 2.45. The molecule has 1 aromatic heterocycles. The van der Waals surface area contributed by atoms with Gasteiger partial charge in [0.25, 0.3) is 0 Å². The normalized spacial score (nSPS) is 24.7. The second-order valence-corrected chi connectivity index (χ2v) is 10.2. The molecule has 6 rings (SSSR count). The summed E-state index contributed by atoms with van der Waals surface area (Å²) in [6, 6.07) is 1.57. The van der Waals surface area contributed by atoms with Crippen LogP contribution in [-0.4, -0.2) is 47.0 Å². The van der Waals surface area contributed by atoms with Crippen LogP contribution in [0.5, 0.6) is 0 Å². The van der Waals surface area contributed by atoms with Gasteiger partial charge in [0.15, 0.2) is 11.4 Å². The van der Waals surface area contributed by atoms with Crippen molar-refractivity contribution < 1.29 is 18.7 Å². The van der Waals surface area contributed by atoms with E-state index in [1.54, 1.807) is 6.07 Å². The van der Waals surface area contributed by atoms with E-state index in [4.69, 9.17) is 25.7 Å². The van der Waals surface area contributed by atoms with Crippen molar-refractivity contribution in [1.82, 2.24) is 15.2 Å². The maximum atomic E-state index is 12.4. The lowest BCUT2D eigenvalue weighted by Gasteiger charge is -2.42. The monoisotopic (exact) mass is 458 g/mol. The molecule has 1 aromatic carbocycles. The van der Waals surface area contributed by atoms with Crippen LogP contribution in [0.3, 0.4) is 0 Å². The molecule has 9 heteroatoms. The van der Waals surface area contributed by atoms with Crippen LogP contribution >= 0.6 is 11.6 Å². The van der Waals surface area contributed by atoms with E-state index in [1.165, 1.54) is 0 Å². The van der Waals surface area contributed by atoms with Crippen LogP contribution in [0.15, 0.2) is 10.5 Å². The van der Waals surface area contributed by atoms with Gasteiger partial charge in [0.2, 0.25) is 5.89 Å². The van der Waals surface area contributed by atoms with Crippen LogP contribution in [0.2, 0.25) is 5.02 Å². The topological polar surface area (TPSA) is 96.7 Å². The van der Waals surface area contributed by atoms with Crippen LogP contribution in [-0.2, 0) is 21.6 Å². The molecule has 2 spiro atoms. The Balaban J connectivity index is 1.30. The fourth-order valence-electron chi connectivity index (χ4n) is 6.01. The zero-order chi connectivity index (χ0) is 21.9. The Morgan fingerprint density at radius 1 is 1.12 bits per heavy atom. The average molecular weight is 459 g/mol. The van der Waals surface area contributed by atoms with Gasteiger partial charge in [0.05, 0.1) is 28.4 Å². The fraction of sp³-hybridized carbons (Fsp3) is 0.609. The third-order valence-corrected chi connectivity index (χ3v) is 7.94. The molecule has 3 fully saturated rings. The molecule has 2 amide bonds. The fourth-order valence-corrected chi connectivity index (χ4v) is 6.25. The van der Waals surface area contributed by atoms with Crippen molar-refractivity contribution in [2.24, 2.45) is 0 Å². The molecule has 8 nitrogen and oxygen atoms in total. The summed E-state index contributed by atoms with van der Waals surface area (Å²) in [5.41, 5.74) is 2.30. The number of fused-ring (bicyclic) bond motifs is 4. The number of urea groups is 1. The van der Waals surface area contributed by atoms with Crippen LogP contribution in [0.1, 0.15) is 62.8 Å². The van der Waals surface area contributed by atoms with Crippen LogP contribution in [0.4, 0.5) is 10.5 Å². The van der Waals surface area contributed by atoms with Gasteiger partial charge in [-0.1, -0.05) is 30.9 Å². The van der Waals surface area contributed by atoms with Crippen molar-refractivity contribution in [3.8, 4) is 0 Å². The summed E-state index contributed by atoms with van der Waals surface area (Å²) in [6.45, 7) is 2.53. The number of halogens is 1. The minimum atomic E-state index is -0.459. The molecule has 32 heavy (non-hydrogen) atoms. The van der Waals surface area contributed by atoms with Gasteiger partial charge in [0, 0.05) is 25.1 Å². The molecular weight excluding hydrogens is 432 g/mol. The van der Waals surface area contributed by atoms with Gasteiger partial charge in [-0.25, -0.2) is 9.78 Å². The van der Waals surface area contributed by atoms with Gasteiger partial charge in [-0.3, -0.25) is 9.69 Å². The number of ether oxygens (including phenoxy) is 1. The minimum absolute atomic E-state index is 0.205. The Labute approximate surface area is 191 Å². The van der Waals surface area contributed by atoms with Crippen molar-refractivity contribution in [2.45, 2.75) is 69.1 Å². The molecule has 170 valence electrons. The second-order valence-electron chi connectivity index (χ2n) is 9.75. The van der Waals surface area contributed by atoms with Gasteiger partial charge >= 0.3 is 6.03 Å². The molecule has 0 radical (unpaired) electrons. The lowest BCUT2D eigenvalue weighted by molar-refractivity contribution is -0.117. The Morgan fingerprint density at radius 2 is 1.91 bits per heavy atom. The highest BCUT2D eigenvalue weighted by atomic mass is 35.5. The van der Waals surface area contributed by atoms with Gasteiger partial charge in [-0.2, -0.15) is 0 Å². The number of amides is 2. The smallest absolute Gasteiger partial charge is 0.319 e. The van der Waals surface area contributed by atoms with Gasteiger partial charge in [0.1, 0.15) is 12.1 Å². The van der Waals surface area contributed by atoms with Crippen molar-refractivity contribution in [3.63, 3.8) is 0 Å². The van der Waals surface area contributed by atoms with Gasteiger partial charge in [-0.15, -0.1) is 0 Å². The van der Waals surface area contributed by atoms with E-state index >= 15 is 0 Å². The van der Waals surface area contributed by atoms with Crippen LogP contribution in [0, 0.1) is 0 Å². The molecule has 4 heterocycles. The summed E-state index contributed by atoms with van der Waals surface area (Å²) in [5, 5.41) is 6.57. The number of Topliss-reactive ketones (excluding diaryl/α,β-unsaturated/α-hetero) is 1. The van der Waals surface area contributed by atoms with E-state index in [0.29, 0.717) is 35.1 Å². The number of benzene rings is 1. The number of hydrogen-bond donors (Lipinski definition) is 2. The standard InChI is InChI=1S/C23H27ClN4O4/c24-15-10-16-20(18-19(15)26-21(30)27-23(18)4-2-1-3-5-23)32-17(25-16)12-28-8-6-22(7-9-28)11-14(29)13-31-22/h10H,1-9,11-13H2,(H2,26,27,30). The first kappa shape index (κ1) is 20.4. The zero-order valence-corrected chi connectivity index (χ0v) is 18.7. The molecular formula is C23H27ClN4O4. The number of piperidine rings is 1. The number of aromatic nitrogens is 1. The number of carbonyl (C=O) groups excluding carboxylic acids is 2. The lowest BCUT2D eigenvalue weighted by atomic mass is 9.74. The number of anilines is 1. The maximum Gasteiger partial charge on any atom is 0.319 e. The van der Waals surface area contributed by atoms with Crippen molar-refractivity contribution in [2.75, 3.05) is 25.0 Å². The summed E-state index contributed by atoms with van der Waals surface area (Å²) < 4.78 is 12.1. The highest BCUT2D eigenvalue weighted by Crippen LogP contribution is 2.48. The second kappa shape index (κ2) is 7.43. The van der Waals surface area contributed by atoms with E-state index in [1.807, 2.05) is 0 Å². The van der Waals surface area contributed by atoms with Crippen molar-refractivity contribution in [3.05, 3.63) is 22.5 Å². The number of hydrogen-bond acceptors (Lipinski definition) is 6. The van der Waals surface area contributed by atoms with E-state index in [0.717, 1.165) is 69.1 Å². The third kappa shape index (κ3) is 3.31. The quantitative estimate of drug-likeness (QED) is 0.703. The molecule has 2 N–H and O–H groups in total. The molecule has 2 aromatic rings. The molecule has 1 saturated carbocycles. The van der Waals surface area contributed by atoms with E-state index in [2.05, 4.69) is 15.5 Å². The van der Waals surface area contributed by atoms with Gasteiger partial charge in [-0.05, 0) is 31.7 Å². The largest absolute Gasteiger partial charge is 0.439 e. The molecule has 0 unspecified atom stereocenters. The summed E-state index contributed by atoms with van der Waals surface area (Å²) in [7, 11) is 0. The summed E-state index contributed by atoms with van der Waals surface area (Å²) in [4.78, 5) is 31.1. The first-order valence-electron chi connectivity index (χ1n) is 11.5. The number of nitrogens with zero attached hydrogens (tertiary/aromatic N) is 2. The van der Waals surface area contributed by atoms with Crippen molar-refractivity contribution >= 4 is 40.2 Å². The van der Waals surface area contributed by atoms with E-state index in [-0.39, 0.29) is 24.0 Å². The number of carbonyl (C=O) groups is 2. The van der Waals surface area contributed by atoms with Crippen LogP contribution < -0.4 is 10.6 Å². The summed E-state index contributed by atoms with van der Waals surface area (Å²) >= 11 is 6.60. The predicted molar refractivity (Wildman–Crippen MR) is 119 cm³/mol. The average Bonchev–Trinajstić information content (AvgIpc) is 3.33. The SMILES string of the molecule is O=C1COC2(CCN(Cc3nc4cc(Cl)c5c(c4o3)C3(CCCCC3)NC(=O)N5)CC2)C1. The highest BCUT2D eigenvalue weighted by molar-refractivity contribution is 6.35. The van der Waals surface area contributed by atoms with Crippen molar-refractivity contribution in [1.29, 1.82) is 0 Å². The first-order valence-corrected chi connectivity index (χ1v) is 11.9. The Kier molecular flexibility index (Phi) is 4.75. The Hall–Kier alpha value is -2.16. The number of nitrogens with one attached hydrogen (secondary N) is 2. The Bertz CT molecular complexity index is 1100. The zero-order valence-electron chi connectivity index (χ0n) is 18.0. The maximum absolute atomic E-state index is 12.4. The molecule has 0 atom stereocenters. The van der Waals surface area contributed by atoms with E-state index in [9.17, 15) is 9.59 Å². The molecule has 3 aliphatic heterocycles. The number of oxazole rings is 1. The minimum Gasteiger partial charge on any atom is -0.439 e. The summed E-state index contributed by atoms with van der Waals surface area (Å²) in [5.74, 6) is 0.850. The lowest BCUT2D eigenvalue weighted by Crippen LogP contribution is -2.52. The number of likely N-dealkylation sites (tertiary alicyclic amines) is 1.